The molecule has 0 N–H and O–H groups in total. The quantitative estimate of drug-likeness (QED) is 0.0442. The minimum Gasteiger partial charge on any atom is -0.302 e. The van der Waals surface area contributed by atoms with Gasteiger partial charge in [-0.2, -0.15) is 0 Å². The van der Waals surface area contributed by atoms with Crippen molar-refractivity contribution in [3.8, 4) is 0 Å². The van der Waals surface area contributed by atoms with E-state index in [2.05, 4.69) is 101 Å². The van der Waals surface area contributed by atoms with Gasteiger partial charge < -0.3 is 9.80 Å². The number of hydrogen-bond acceptors (Lipinski definition) is 4. The van der Waals surface area contributed by atoms with Gasteiger partial charge in [-0.05, 0) is 104 Å². The number of hydrogen-bond donors (Lipinski definition) is 0. The Labute approximate surface area is 452 Å². The van der Waals surface area contributed by atoms with Crippen LogP contribution in [0, 0.1) is 23.7 Å². The molecule has 418 valence electrons. The fraction of sp³-hybridized carbons (Fsp3) is 1.00. The standard InChI is InChI=1S/C66H132N2S2/c1-11-15-19-23-27-35-43-51-63(53-45-37-29-33-41-49-61-55-59(61)47-39-31-25-21-17-13-3)67(9)57-65(5,6)69-70-66(7,8)58-68(10)64(52-44-36-28-24-20-16-12-2)54-46-38-30-34-42-50-62-56-60(62)48-40-32-26-22-18-14-4/h59-64H,11-58H2,1-10H3. The SMILES string of the molecule is CCCCCCCCCC(CCCCCCCC1CC1CCCCCCCC)N(C)CC(C)(C)SSC(C)(C)CN(C)C(CCCCCCCCC)CCCCCCCC1CC1CCCCCCCC. The molecule has 2 rings (SSSR count). The zero-order valence-electron chi connectivity index (χ0n) is 50.1. The number of nitrogens with zero attached hydrogens (tertiary/aromatic N) is 2. The third kappa shape index (κ3) is 37.4. The van der Waals surface area contributed by atoms with Crippen LogP contribution in [-0.4, -0.2) is 58.6 Å². The van der Waals surface area contributed by atoms with Gasteiger partial charge in [-0.25, -0.2) is 0 Å². The highest BCUT2D eigenvalue weighted by Crippen LogP contribution is 2.47. The first kappa shape index (κ1) is 66.7. The molecule has 2 nitrogen and oxygen atoms in total. The van der Waals surface area contributed by atoms with Gasteiger partial charge in [0.1, 0.15) is 0 Å². The van der Waals surface area contributed by atoms with Crippen molar-refractivity contribution in [2.75, 3.05) is 27.2 Å². The Morgan fingerprint density at radius 1 is 0.314 bits per heavy atom. The molecule has 0 saturated heterocycles. The Morgan fingerprint density at radius 3 is 0.743 bits per heavy atom. The lowest BCUT2D eigenvalue weighted by Crippen LogP contribution is -2.42. The Morgan fingerprint density at radius 2 is 0.514 bits per heavy atom. The van der Waals surface area contributed by atoms with Crippen LogP contribution in [-0.2, 0) is 0 Å². The summed E-state index contributed by atoms with van der Waals surface area (Å²) in [5.74, 6) is 4.39. The van der Waals surface area contributed by atoms with E-state index >= 15 is 0 Å². The third-order valence-corrected chi connectivity index (χ3v) is 21.7. The first-order valence-corrected chi connectivity index (χ1v) is 34.9. The maximum Gasteiger partial charge on any atom is 0.0334 e. The molecule has 2 saturated carbocycles. The molecule has 0 radical (unpaired) electrons. The fourth-order valence-electron chi connectivity index (χ4n) is 12.6. The van der Waals surface area contributed by atoms with Crippen molar-refractivity contribution >= 4 is 21.6 Å². The van der Waals surface area contributed by atoms with Gasteiger partial charge in [0, 0.05) is 34.7 Å². The van der Waals surface area contributed by atoms with Crippen LogP contribution >= 0.6 is 21.6 Å². The average Bonchev–Trinajstić information content (AvgIpc) is 4.27. The molecule has 0 bridgehead atoms. The topological polar surface area (TPSA) is 6.48 Å². The summed E-state index contributed by atoms with van der Waals surface area (Å²) in [4.78, 5) is 5.64. The number of unbranched alkanes of at least 4 members (excludes halogenated alkanes) is 30. The second kappa shape index (κ2) is 43.7. The summed E-state index contributed by atoms with van der Waals surface area (Å²) in [5, 5.41) is 0. The van der Waals surface area contributed by atoms with Crippen molar-refractivity contribution in [3.63, 3.8) is 0 Å². The van der Waals surface area contributed by atoms with Crippen LogP contribution in [0.4, 0.5) is 0 Å². The molecule has 2 aliphatic rings. The average molecular weight is 1020 g/mol. The van der Waals surface area contributed by atoms with Crippen LogP contribution in [0.5, 0.6) is 0 Å². The molecule has 0 aromatic rings. The Hall–Kier alpha value is 0.620. The molecule has 2 fully saturated rings. The van der Waals surface area contributed by atoms with Gasteiger partial charge in [-0.15, -0.1) is 0 Å². The lowest BCUT2D eigenvalue weighted by atomic mass is 9.98. The lowest BCUT2D eigenvalue weighted by Gasteiger charge is -2.38. The molecule has 4 heteroatoms. The van der Waals surface area contributed by atoms with Gasteiger partial charge in [-0.1, -0.05) is 306 Å². The normalized spacial score (nSPS) is 19.2. The van der Waals surface area contributed by atoms with Crippen molar-refractivity contribution in [2.24, 2.45) is 23.7 Å². The van der Waals surface area contributed by atoms with E-state index in [1.807, 2.05) is 0 Å². The highest BCUT2D eigenvalue weighted by Gasteiger charge is 2.36. The summed E-state index contributed by atoms with van der Waals surface area (Å²) in [7, 11) is 9.38. The summed E-state index contributed by atoms with van der Waals surface area (Å²) < 4.78 is 0.462. The zero-order chi connectivity index (χ0) is 51.0. The Balaban J connectivity index is 1.78. The minimum atomic E-state index is 0.231. The van der Waals surface area contributed by atoms with Gasteiger partial charge >= 0.3 is 0 Å². The molecule has 6 unspecified atom stereocenters. The van der Waals surface area contributed by atoms with Crippen molar-refractivity contribution in [2.45, 2.75) is 372 Å². The Kier molecular flexibility index (Phi) is 41.7. The van der Waals surface area contributed by atoms with Crippen molar-refractivity contribution in [1.82, 2.24) is 9.80 Å². The maximum atomic E-state index is 2.82. The first-order chi connectivity index (χ1) is 33.9. The second-order valence-electron chi connectivity index (χ2n) is 26.0. The fourth-order valence-corrected chi connectivity index (χ4v) is 15.3. The summed E-state index contributed by atoms with van der Waals surface area (Å²) >= 11 is 0. The number of rotatable bonds is 55. The van der Waals surface area contributed by atoms with Crippen LogP contribution in [0.3, 0.4) is 0 Å². The van der Waals surface area contributed by atoms with E-state index in [9.17, 15) is 0 Å². The minimum absolute atomic E-state index is 0.231. The van der Waals surface area contributed by atoms with Crippen LogP contribution < -0.4 is 0 Å². The molecular formula is C66H132N2S2. The van der Waals surface area contributed by atoms with Crippen LogP contribution in [0.1, 0.15) is 351 Å². The monoisotopic (exact) mass is 1020 g/mol. The molecule has 0 aliphatic heterocycles. The smallest absolute Gasteiger partial charge is 0.0334 e. The first-order valence-electron chi connectivity index (χ1n) is 32.7. The molecule has 2 aliphatic carbocycles. The van der Waals surface area contributed by atoms with E-state index in [4.69, 9.17) is 0 Å². The zero-order valence-corrected chi connectivity index (χ0v) is 51.7. The molecule has 0 heterocycles. The van der Waals surface area contributed by atoms with Gasteiger partial charge in [0.25, 0.3) is 0 Å². The van der Waals surface area contributed by atoms with Crippen LogP contribution in [0.25, 0.3) is 0 Å². The molecule has 0 spiro atoms. The Bertz CT molecular complexity index is 1040. The van der Waals surface area contributed by atoms with Crippen molar-refractivity contribution < 1.29 is 0 Å². The largest absolute Gasteiger partial charge is 0.302 e. The second-order valence-corrected chi connectivity index (χ2v) is 29.5. The summed E-state index contributed by atoms with van der Waals surface area (Å²) in [6, 6.07) is 1.48. The highest BCUT2D eigenvalue weighted by atomic mass is 33.1. The predicted octanol–water partition coefficient (Wildman–Crippen LogP) is 23.0. The molecule has 0 aromatic carbocycles. The van der Waals surface area contributed by atoms with Gasteiger partial charge in [0.15, 0.2) is 0 Å². The highest BCUT2D eigenvalue weighted by molar-refractivity contribution is 8.77. The van der Waals surface area contributed by atoms with Gasteiger partial charge in [0.2, 0.25) is 0 Å². The van der Waals surface area contributed by atoms with Crippen molar-refractivity contribution in [3.05, 3.63) is 0 Å². The molecule has 0 aromatic heterocycles. The van der Waals surface area contributed by atoms with Crippen LogP contribution in [0.2, 0.25) is 0 Å². The molecule has 0 amide bonds. The lowest BCUT2D eigenvalue weighted by molar-refractivity contribution is 0.197. The van der Waals surface area contributed by atoms with Gasteiger partial charge in [0.05, 0.1) is 0 Å². The molecule has 6 atom stereocenters. The van der Waals surface area contributed by atoms with Gasteiger partial charge in [-0.3, -0.25) is 0 Å². The predicted molar refractivity (Wildman–Crippen MR) is 325 cm³/mol. The van der Waals surface area contributed by atoms with Crippen LogP contribution in [0.15, 0.2) is 0 Å². The van der Waals surface area contributed by atoms with E-state index in [1.165, 1.54) is 296 Å². The van der Waals surface area contributed by atoms with E-state index in [0.29, 0.717) is 0 Å². The van der Waals surface area contributed by atoms with E-state index in [1.54, 1.807) is 12.8 Å². The van der Waals surface area contributed by atoms with Crippen molar-refractivity contribution in [1.29, 1.82) is 0 Å². The summed E-state index contributed by atoms with van der Waals surface area (Å²) in [6.45, 7) is 21.9. The third-order valence-electron chi connectivity index (χ3n) is 17.5. The summed E-state index contributed by atoms with van der Waals surface area (Å²) in [6.07, 6.45) is 66.9. The maximum absolute atomic E-state index is 2.82. The van der Waals surface area contributed by atoms with E-state index in [-0.39, 0.29) is 9.49 Å². The van der Waals surface area contributed by atoms with E-state index in [0.717, 1.165) is 35.8 Å². The molecule has 70 heavy (non-hydrogen) atoms. The summed E-state index contributed by atoms with van der Waals surface area (Å²) in [5.41, 5.74) is 0. The molecular weight excluding hydrogens is 885 g/mol. The van der Waals surface area contributed by atoms with E-state index < -0.39 is 0 Å².